The highest BCUT2D eigenvalue weighted by Crippen LogP contribution is 2.24. The first-order valence-electron chi connectivity index (χ1n) is 10.7. The fourth-order valence-electron chi connectivity index (χ4n) is 3.81. The quantitative estimate of drug-likeness (QED) is 0.414. The number of carboxylic acids is 1. The van der Waals surface area contributed by atoms with Crippen molar-refractivity contribution in [2.75, 3.05) is 20.2 Å². The Morgan fingerprint density at radius 3 is 2.66 bits per heavy atom. The number of rotatable bonds is 8. The Labute approximate surface area is 198 Å². The molecule has 2 aliphatic rings. The first-order chi connectivity index (χ1) is 16.7. The first kappa shape index (κ1) is 25.4. The van der Waals surface area contributed by atoms with Gasteiger partial charge in [-0.3, -0.25) is 24.6 Å². The number of carboxylic acid groups (broad SMARTS) is 1. The van der Waals surface area contributed by atoms with E-state index in [0.717, 1.165) is 21.1 Å². The van der Waals surface area contributed by atoms with Crippen LogP contribution in [-0.4, -0.2) is 88.4 Å². The zero-order chi connectivity index (χ0) is 25.7. The average molecular weight is 493 g/mol. The number of methoxy groups -OCH3 is 1. The lowest BCUT2D eigenvalue weighted by atomic mass is 10.1. The van der Waals surface area contributed by atoms with E-state index in [2.05, 4.69) is 10.7 Å². The molecule has 2 atom stereocenters. The van der Waals surface area contributed by atoms with E-state index < -0.39 is 54.0 Å². The van der Waals surface area contributed by atoms with Crippen molar-refractivity contribution in [2.24, 2.45) is 0 Å². The molecule has 0 radical (unpaired) electrons. The molecule has 13 nitrogen and oxygen atoms in total. The van der Waals surface area contributed by atoms with Gasteiger partial charge in [0.25, 0.3) is 5.91 Å². The van der Waals surface area contributed by atoms with E-state index in [1.807, 2.05) is 0 Å². The predicted molar refractivity (Wildman–Crippen MR) is 114 cm³/mol. The molecule has 35 heavy (non-hydrogen) atoms. The Hall–Kier alpha value is -4.23. The minimum absolute atomic E-state index is 0.0765. The third-order valence-corrected chi connectivity index (χ3v) is 5.51. The maximum atomic E-state index is 14.0. The Morgan fingerprint density at radius 1 is 1.29 bits per heavy atom. The molecule has 14 heteroatoms. The number of aliphatic carboxylic acids is 1. The molecule has 2 aliphatic heterocycles. The zero-order valence-corrected chi connectivity index (χ0v) is 18.7. The van der Waals surface area contributed by atoms with Crippen molar-refractivity contribution >= 4 is 36.0 Å². The summed E-state index contributed by atoms with van der Waals surface area (Å²) in [7, 11) is 1.26. The van der Waals surface area contributed by atoms with Gasteiger partial charge in [0.1, 0.15) is 12.3 Å². The van der Waals surface area contributed by atoms with Gasteiger partial charge in [-0.05, 0) is 31.0 Å². The van der Waals surface area contributed by atoms with Crippen LogP contribution >= 0.6 is 0 Å². The third kappa shape index (κ3) is 5.65. The van der Waals surface area contributed by atoms with Gasteiger partial charge in [-0.1, -0.05) is 0 Å². The van der Waals surface area contributed by atoms with Gasteiger partial charge in [0.2, 0.25) is 11.8 Å². The summed E-state index contributed by atoms with van der Waals surface area (Å²) in [5.41, 5.74) is 2.22. The SMILES string of the molecule is COc1ccc(C(=O)NN2CCC(=O)N3CCC[C@@H](C(=O)N[C@H](C=O)CC(=O)O)N3C2=O)cc1F. The molecule has 3 N–H and O–H groups in total. The van der Waals surface area contributed by atoms with Crippen LogP contribution in [0.2, 0.25) is 0 Å². The van der Waals surface area contributed by atoms with Gasteiger partial charge >= 0.3 is 12.0 Å². The van der Waals surface area contributed by atoms with Gasteiger partial charge in [0, 0.05) is 18.5 Å². The Bertz CT molecular complexity index is 1050. The summed E-state index contributed by atoms with van der Waals surface area (Å²) in [4.78, 5) is 73.6. The molecule has 0 spiro atoms. The predicted octanol–water partition coefficient (Wildman–Crippen LogP) is -0.329. The molecule has 1 aromatic carbocycles. The minimum atomic E-state index is -1.33. The van der Waals surface area contributed by atoms with E-state index in [1.165, 1.54) is 19.2 Å². The molecule has 2 fully saturated rings. The van der Waals surface area contributed by atoms with E-state index >= 15 is 0 Å². The molecule has 0 saturated carbocycles. The van der Waals surface area contributed by atoms with Crippen molar-refractivity contribution in [3.8, 4) is 5.75 Å². The van der Waals surface area contributed by atoms with E-state index in [1.54, 1.807) is 0 Å². The van der Waals surface area contributed by atoms with Gasteiger partial charge in [-0.15, -0.1) is 0 Å². The number of hydrazine groups is 2. The molecule has 2 saturated heterocycles. The van der Waals surface area contributed by atoms with Crippen LogP contribution in [0.5, 0.6) is 5.75 Å². The smallest absolute Gasteiger partial charge is 0.358 e. The fraction of sp³-hybridized carbons (Fsp3) is 0.429. The van der Waals surface area contributed by atoms with Crippen molar-refractivity contribution in [3.05, 3.63) is 29.6 Å². The number of aldehydes is 1. The summed E-state index contributed by atoms with van der Waals surface area (Å²) in [6.45, 7) is -0.0641. The molecule has 0 unspecified atom stereocenters. The second-order valence-electron chi connectivity index (χ2n) is 7.84. The Kier molecular flexibility index (Phi) is 7.83. The number of nitrogens with one attached hydrogen (secondary N) is 2. The molecule has 188 valence electrons. The number of fused-ring (bicyclic) bond motifs is 1. The van der Waals surface area contributed by atoms with Crippen molar-refractivity contribution < 1.29 is 43.0 Å². The summed E-state index contributed by atoms with van der Waals surface area (Å²) in [6.07, 6.45) is -0.0489. The molecule has 1 aromatic rings. The standard InChI is InChI=1S/C21H24FN5O8/c1-35-16-5-4-12(9-14(16)22)19(32)24-25-8-6-17(29)26-7-2-3-15(27(26)21(25)34)20(33)23-13(11-28)10-18(30)31/h4-5,9,11,13,15H,2-3,6-8,10H2,1H3,(H,23,33)(H,24,32)(H,30,31)/t13-,15-/m0/s1. The van der Waals surface area contributed by atoms with Crippen LogP contribution in [0.4, 0.5) is 9.18 Å². The molecule has 0 bridgehead atoms. The van der Waals surface area contributed by atoms with Crippen LogP contribution in [-0.2, 0) is 19.2 Å². The molecule has 0 aliphatic carbocycles. The minimum Gasteiger partial charge on any atom is -0.494 e. The summed E-state index contributed by atoms with van der Waals surface area (Å²) in [5, 5.41) is 14.0. The maximum absolute atomic E-state index is 14.0. The lowest BCUT2D eigenvalue weighted by Gasteiger charge is -2.42. The first-order valence-corrected chi connectivity index (χ1v) is 10.7. The number of benzene rings is 1. The van der Waals surface area contributed by atoms with Crippen LogP contribution in [0.15, 0.2) is 18.2 Å². The Morgan fingerprint density at radius 2 is 2.03 bits per heavy atom. The molecule has 3 rings (SSSR count). The van der Waals surface area contributed by atoms with Crippen LogP contribution < -0.4 is 15.5 Å². The van der Waals surface area contributed by atoms with Gasteiger partial charge in [-0.2, -0.15) is 0 Å². The largest absolute Gasteiger partial charge is 0.494 e. The molecule has 0 aromatic heterocycles. The molecular formula is C21H24FN5O8. The zero-order valence-electron chi connectivity index (χ0n) is 18.7. The van der Waals surface area contributed by atoms with Crippen LogP contribution in [0.1, 0.15) is 36.0 Å². The van der Waals surface area contributed by atoms with Crippen molar-refractivity contribution in [1.29, 1.82) is 0 Å². The number of nitrogens with zero attached hydrogens (tertiary/aromatic N) is 3. The van der Waals surface area contributed by atoms with Crippen LogP contribution in [0.3, 0.4) is 0 Å². The van der Waals surface area contributed by atoms with Gasteiger partial charge in [0.05, 0.1) is 26.1 Å². The van der Waals surface area contributed by atoms with E-state index in [0.29, 0.717) is 6.42 Å². The van der Waals surface area contributed by atoms with Crippen molar-refractivity contribution in [1.82, 2.24) is 25.8 Å². The summed E-state index contributed by atoms with van der Waals surface area (Å²) < 4.78 is 18.8. The van der Waals surface area contributed by atoms with Crippen molar-refractivity contribution in [2.45, 2.75) is 37.8 Å². The molecule has 5 amide bonds. The number of ether oxygens (including phenoxy) is 1. The lowest BCUT2D eigenvalue weighted by molar-refractivity contribution is -0.155. The summed E-state index contributed by atoms with van der Waals surface area (Å²) >= 11 is 0. The summed E-state index contributed by atoms with van der Waals surface area (Å²) in [6, 6.07) is 0.00873. The van der Waals surface area contributed by atoms with E-state index in [9.17, 15) is 33.2 Å². The van der Waals surface area contributed by atoms with Gasteiger partial charge in [0.15, 0.2) is 11.6 Å². The van der Waals surface area contributed by atoms with Crippen LogP contribution in [0.25, 0.3) is 0 Å². The summed E-state index contributed by atoms with van der Waals surface area (Å²) in [5.74, 6) is -4.30. The number of carbonyl (C=O) groups excluding carboxylic acids is 5. The highest BCUT2D eigenvalue weighted by molar-refractivity contribution is 5.97. The maximum Gasteiger partial charge on any atom is 0.358 e. The monoisotopic (exact) mass is 493 g/mol. The lowest BCUT2D eigenvalue weighted by Crippen LogP contribution is -2.64. The average Bonchev–Trinajstić information content (AvgIpc) is 2.95. The Balaban J connectivity index is 1.81. The van der Waals surface area contributed by atoms with E-state index in [-0.39, 0.29) is 43.5 Å². The van der Waals surface area contributed by atoms with Gasteiger partial charge in [-0.25, -0.2) is 24.2 Å². The van der Waals surface area contributed by atoms with Crippen molar-refractivity contribution in [3.63, 3.8) is 0 Å². The number of carbonyl (C=O) groups is 6. The normalized spacial score (nSPS) is 18.8. The highest BCUT2D eigenvalue weighted by atomic mass is 19.1. The van der Waals surface area contributed by atoms with Crippen LogP contribution in [0, 0.1) is 5.82 Å². The van der Waals surface area contributed by atoms with Gasteiger partial charge < -0.3 is 20.0 Å². The number of hydrogen-bond donors (Lipinski definition) is 3. The van der Waals surface area contributed by atoms with E-state index in [4.69, 9.17) is 9.84 Å². The number of halogens is 1. The highest BCUT2D eigenvalue weighted by Gasteiger charge is 2.44. The molecule has 2 heterocycles. The molecular weight excluding hydrogens is 469 g/mol. The second kappa shape index (κ2) is 10.8. The second-order valence-corrected chi connectivity index (χ2v) is 7.84. The fourth-order valence-corrected chi connectivity index (χ4v) is 3.81. The number of amides is 5. The number of urea groups is 1. The number of hydrogen-bond acceptors (Lipinski definition) is 7. The topological polar surface area (TPSA) is 166 Å². The third-order valence-electron chi connectivity index (χ3n) is 5.51.